The molecule has 1 aliphatic carbocycles. The normalized spacial score (nSPS) is 15.2. The first kappa shape index (κ1) is 15.2. The van der Waals surface area contributed by atoms with Crippen molar-refractivity contribution in [3.63, 3.8) is 0 Å². The van der Waals surface area contributed by atoms with Crippen molar-refractivity contribution in [3.8, 4) is 0 Å². The van der Waals surface area contributed by atoms with Gasteiger partial charge in [-0.2, -0.15) is 0 Å². The summed E-state index contributed by atoms with van der Waals surface area (Å²) in [5.74, 6) is -3.03. The second-order valence-electron chi connectivity index (χ2n) is 4.66. The summed E-state index contributed by atoms with van der Waals surface area (Å²) in [6.07, 6.45) is 2.93. The average molecular weight is 324 g/mol. The maximum absolute atomic E-state index is 13.9. The molecular weight excluding hydrogens is 312 g/mol. The molecule has 4 nitrogen and oxygen atoms in total. The average Bonchev–Trinajstić information content (AvgIpc) is 3.11. The SMILES string of the molecule is O=C(NCCC1CC1)c1c(F)ccc(S(=O)(=O)Cl)c1F. The summed E-state index contributed by atoms with van der Waals surface area (Å²) >= 11 is 0. The second-order valence-corrected chi connectivity index (χ2v) is 7.19. The van der Waals surface area contributed by atoms with Crippen LogP contribution in [0.2, 0.25) is 0 Å². The van der Waals surface area contributed by atoms with Gasteiger partial charge >= 0.3 is 0 Å². The van der Waals surface area contributed by atoms with Crippen molar-refractivity contribution < 1.29 is 22.0 Å². The van der Waals surface area contributed by atoms with Gasteiger partial charge in [0.1, 0.15) is 16.3 Å². The predicted octanol–water partition coefficient (Wildman–Crippen LogP) is 2.42. The number of hydrogen-bond donors (Lipinski definition) is 1. The number of carbonyl (C=O) groups is 1. The molecule has 8 heteroatoms. The number of hydrogen-bond acceptors (Lipinski definition) is 3. The van der Waals surface area contributed by atoms with Gasteiger partial charge in [-0.25, -0.2) is 17.2 Å². The van der Waals surface area contributed by atoms with E-state index in [0.717, 1.165) is 19.3 Å². The Morgan fingerprint density at radius 2 is 2.00 bits per heavy atom. The lowest BCUT2D eigenvalue weighted by atomic mass is 10.1. The van der Waals surface area contributed by atoms with Gasteiger partial charge in [0.05, 0.1) is 0 Å². The molecule has 1 amide bonds. The van der Waals surface area contributed by atoms with E-state index in [2.05, 4.69) is 5.32 Å². The van der Waals surface area contributed by atoms with Gasteiger partial charge < -0.3 is 5.32 Å². The Bertz CT molecular complexity index is 644. The lowest BCUT2D eigenvalue weighted by Gasteiger charge is -2.08. The lowest BCUT2D eigenvalue weighted by molar-refractivity contribution is 0.0943. The van der Waals surface area contributed by atoms with E-state index in [-0.39, 0.29) is 0 Å². The second kappa shape index (κ2) is 5.65. The zero-order valence-electron chi connectivity index (χ0n) is 10.3. The highest BCUT2D eigenvalue weighted by atomic mass is 35.7. The summed E-state index contributed by atoms with van der Waals surface area (Å²) in [6, 6.07) is 1.39. The molecule has 0 saturated heterocycles. The minimum absolute atomic E-state index is 0.292. The third-order valence-corrected chi connectivity index (χ3v) is 4.42. The number of amides is 1. The minimum atomic E-state index is -4.38. The third-order valence-electron chi connectivity index (χ3n) is 3.08. The van der Waals surface area contributed by atoms with Crippen LogP contribution in [0.4, 0.5) is 8.78 Å². The van der Waals surface area contributed by atoms with Crippen molar-refractivity contribution in [2.24, 2.45) is 5.92 Å². The van der Waals surface area contributed by atoms with Crippen molar-refractivity contribution in [1.29, 1.82) is 0 Å². The zero-order valence-corrected chi connectivity index (χ0v) is 11.9. The van der Waals surface area contributed by atoms with Crippen LogP contribution in [0.25, 0.3) is 0 Å². The van der Waals surface area contributed by atoms with Gasteiger partial charge in [-0.1, -0.05) is 12.8 Å². The van der Waals surface area contributed by atoms with E-state index in [1.807, 2.05) is 0 Å². The van der Waals surface area contributed by atoms with E-state index in [0.29, 0.717) is 24.6 Å². The monoisotopic (exact) mass is 323 g/mol. The number of nitrogens with one attached hydrogen (secondary N) is 1. The molecule has 0 aliphatic heterocycles. The smallest absolute Gasteiger partial charge is 0.264 e. The van der Waals surface area contributed by atoms with E-state index in [1.165, 1.54) is 0 Å². The van der Waals surface area contributed by atoms with E-state index < -0.39 is 37.1 Å². The summed E-state index contributed by atoms with van der Waals surface area (Å²) in [6.45, 7) is 0.292. The van der Waals surface area contributed by atoms with Crippen LogP contribution >= 0.6 is 10.7 Å². The van der Waals surface area contributed by atoms with E-state index in [4.69, 9.17) is 10.7 Å². The van der Waals surface area contributed by atoms with Crippen molar-refractivity contribution in [1.82, 2.24) is 5.32 Å². The first-order valence-electron chi connectivity index (χ1n) is 6.01. The Morgan fingerprint density at radius 3 is 2.55 bits per heavy atom. The molecule has 0 aromatic heterocycles. The number of benzene rings is 1. The van der Waals surface area contributed by atoms with Crippen LogP contribution in [-0.4, -0.2) is 20.9 Å². The standard InChI is InChI=1S/C12H12ClF2NO3S/c13-20(18,19)9-4-3-8(14)10(11(9)15)12(17)16-6-5-7-1-2-7/h3-4,7H,1-2,5-6H2,(H,16,17). The largest absolute Gasteiger partial charge is 0.352 e. The predicted molar refractivity (Wildman–Crippen MR) is 69.1 cm³/mol. The molecule has 0 spiro atoms. The highest BCUT2D eigenvalue weighted by molar-refractivity contribution is 8.13. The van der Waals surface area contributed by atoms with Crippen LogP contribution in [0.1, 0.15) is 29.6 Å². The van der Waals surface area contributed by atoms with Crippen LogP contribution in [-0.2, 0) is 9.05 Å². The molecule has 1 fully saturated rings. The van der Waals surface area contributed by atoms with Crippen molar-refractivity contribution in [2.75, 3.05) is 6.54 Å². The molecule has 0 atom stereocenters. The summed E-state index contributed by atoms with van der Waals surface area (Å²) in [7, 11) is 0.645. The minimum Gasteiger partial charge on any atom is -0.352 e. The van der Waals surface area contributed by atoms with Crippen molar-refractivity contribution in [2.45, 2.75) is 24.2 Å². The Labute approximate surface area is 119 Å². The molecule has 0 bridgehead atoms. The summed E-state index contributed by atoms with van der Waals surface area (Å²) in [5, 5.41) is 2.37. The van der Waals surface area contributed by atoms with E-state index in [9.17, 15) is 22.0 Å². The van der Waals surface area contributed by atoms with Crippen LogP contribution < -0.4 is 5.32 Å². The van der Waals surface area contributed by atoms with E-state index in [1.54, 1.807) is 0 Å². The van der Waals surface area contributed by atoms with Gasteiger partial charge in [-0.05, 0) is 24.5 Å². The Balaban J connectivity index is 2.22. The maximum atomic E-state index is 13.9. The molecule has 0 radical (unpaired) electrons. The molecular formula is C12H12ClF2NO3S. The van der Waals surface area contributed by atoms with Crippen molar-refractivity contribution >= 4 is 25.6 Å². The molecule has 1 N–H and O–H groups in total. The van der Waals surface area contributed by atoms with Gasteiger partial charge in [0.2, 0.25) is 0 Å². The van der Waals surface area contributed by atoms with Gasteiger partial charge in [0.15, 0.2) is 5.82 Å². The summed E-state index contributed by atoms with van der Waals surface area (Å²) in [4.78, 5) is 10.8. The number of rotatable bonds is 5. The molecule has 0 heterocycles. The molecule has 1 aromatic carbocycles. The van der Waals surface area contributed by atoms with Crippen molar-refractivity contribution in [3.05, 3.63) is 29.3 Å². The van der Waals surface area contributed by atoms with Gasteiger partial charge in [-0.3, -0.25) is 4.79 Å². The zero-order chi connectivity index (χ0) is 14.9. The fourth-order valence-electron chi connectivity index (χ4n) is 1.81. The van der Waals surface area contributed by atoms with Crippen LogP contribution in [0.3, 0.4) is 0 Å². The number of halogens is 3. The molecule has 1 saturated carbocycles. The first-order valence-corrected chi connectivity index (χ1v) is 8.32. The Kier molecular flexibility index (Phi) is 4.29. The molecule has 0 unspecified atom stereocenters. The van der Waals surface area contributed by atoms with E-state index >= 15 is 0 Å². The fourth-order valence-corrected chi connectivity index (χ4v) is 2.72. The van der Waals surface area contributed by atoms with Gasteiger partial charge in [0, 0.05) is 17.2 Å². The first-order chi connectivity index (χ1) is 9.30. The quantitative estimate of drug-likeness (QED) is 0.846. The topological polar surface area (TPSA) is 63.2 Å². The molecule has 2 rings (SSSR count). The highest BCUT2D eigenvalue weighted by Gasteiger charge is 2.26. The fraction of sp³-hybridized carbons (Fsp3) is 0.417. The summed E-state index contributed by atoms with van der Waals surface area (Å²) < 4.78 is 49.7. The van der Waals surface area contributed by atoms with Gasteiger partial charge in [0.25, 0.3) is 15.0 Å². The summed E-state index contributed by atoms with van der Waals surface area (Å²) in [5.41, 5.74) is -0.928. The maximum Gasteiger partial charge on any atom is 0.264 e. The third kappa shape index (κ3) is 3.46. The Morgan fingerprint density at radius 1 is 1.35 bits per heavy atom. The lowest BCUT2D eigenvalue weighted by Crippen LogP contribution is -2.27. The molecule has 1 aliphatic rings. The highest BCUT2D eigenvalue weighted by Crippen LogP contribution is 2.31. The number of carbonyl (C=O) groups excluding carboxylic acids is 1. The molecule has 110 valence electrons. The molecule has 20 heavy (non-hydrogen) atoms. The van der Waals surface area contributed by atoms with Gasteiger partial charge in [-0.15, -0.1) is 0 Å². The molecule has 1 aromatic rings. The van der Waals surface area contributed by atoms with Crippen LogP contribution in [0.5, 0.6) is 0 Å². The van der Waals surface area contributed by atoms with Crippen LogP contribution in [0.15, 0.2) is 17.0 Å². The Hall–Kier alpha value is -1.21. The van der Waals surface area contributed by atoms with Crippen LogP contribution in [0, 0.1) is 17.6 Å².